The summed E-state index contributed by atoms with van der Waals surface area (Å²) in [7, 11) is 3.59. The van der Waals surface area contributed by atoms with Gasteiger partial charge in [0.15, 0.2) is 0 Å². The molecule has 15 heavy (non-hydrogen) atoms. The molecule has 0 atom stereocenters. The summed E-state index contributed by atoms with van der Waals surface area (Å²) in [6, 6.07) is 4.98. The van der Waals surface area contributed by atoms with Crippen LogP contribution in [0.4, 0.5) is 0 Å². The Morgan fingerprint density at radius 3 is 2.73 bits per heavy atom. The van der Waals surface area contributed by atoms with Crippen LogP contribution >= 0.6 is 27.5 Å². The molecule has 0 N–H and O–H groups in total. The van der Waals surface area contributed by atoms with Crippen molar-refractivity contribution in [2.45, 2.75) is 0 Å². The molecular weight excluding hydrogens is 279 g/mol. The number of hydrogen-bond donors (Lipinski definition) is 0. The highest BCUT2D eigenvalue weighted by atomic mass is 79.9. The lowest BCUT2D eigenvalue weighted by molar-refractivity contribution is 0.100. The molecule has 0 unspecified atom stereocenters. The number of nitrogens with zero attached hydrogens (tertiary/aromatic N) is 2. The van der Waals surface area contributed by atoms with Crippen molar-refractivity contribution in [1.82, 2.24) is 4.90 Å². The lowest BCUT2D eigenvalue weighted by Gasteiger charge is -2.02. The third kappa shape index (κ3) is 3.64. The van der Waals surface area contributed by atoms with Crippen LogP contribution in [-0.2, 0) is 0 Å². The maximum atomic E-state index is 11.5. The Labute approximate surface area is 102 Å². The highest BCUT2D eigenvalue weighted by Gasteiger charge is 2.05. The second-order valence-electron chi connectivity index (χ2n) is 3.14. The van der Waals surface area contributed by atoms with Crippen LogP contribution in [0, 0.1) is 0 Å². The Morgan fingerprint density at radius 1 is 1.53 bits per heavy atom. The summed E-state index contributed by atoms with van der Waals surface area (Å²) in [6.45, 7) is 0. The van der Waals surface area contributed by atoms with Gasteiger partial charge in [-0.1, -0.05) is 11.6 Å². The predicted molar refractivity (Wildman–Crippen MR) is 65.7 cm³/mol. The van der Waals surface area contributed by atoms with Gasteiger partial charge in [-0.05, 0) is 34.1 Å². The molecule has 1 amide bonds. The van der Waals surface area contributed by atoms with E-state index in [1.807, 2.05) is 0 Å². The van der Waals surface area contributed by atoms with Crippen LogP contribution in [0.5, 0.6) is 0 Å². The van der Waals surface area contributed by atoms with Crippen molar-refractivity contribution in [3.63, 3.8) is 0 Å². The van der Waals surface area contributed by atoms with Crippen LogP contribution in [0.2, 0.25) is 5.02 Å². The number of aliphatic imine (C=N–C) groups is 1. The van der Waals surface area contributed by atoms with Crippen molar-refractivity contribution in [2.75, 3.05) is 14.1 Å². The highest BCUT2D eigenvalue weighted by molar-refractivity contribution is 9.10. The highest BCUT2D eigenvalue weighted by Crippen LogP contribution is 2.23. The Kier molecular flexibility index (Phi) is 4.29. The fourth-order valence-electron chi connectivity index (χ4n) is 0.872. The van der Waals surface area contributed by atoms with Gasteiger partial charge in [-0.2, -0.15) is 4.99 Å². The first-order chi connectivity index (χ1) is 7.00. The van der Waals surface area contributed by atoms with Crippen molar-refractivity contribution < 1.29 is 4.79 Å². The molecule has 1 aromatic rings. The summed E-state index contributed by atoms with van der Waals surface area (Å²) in [4.78, 5) is 17.0. The van der Waals surface area contributed by atoms with Crippen LogP contribution in [0.3, 0.4) is 0 Å². The van der Waals surface area contributed by atoms with Crippen molar-refractivity contribution in [2.24, 2.45) is 4.99 Å². The average Bonchev–Trinajstić information content (AvgIpc) is 2.18. The standard InChI is InChI=1S/C10H10BrClN2O/c1-14(2)6-13-10(15)7-3-4-8(11)9(12)5-7/h3-6H,1-2H3. The minimum Gasteiger partial charge on any atom is -0.369 e. The van der Waals surface area contributed by atoms with E-state index >= 15 is 0 Å². The number of carbonyl (C=O) groups is 1. The van der Waals surface area contributed by atoms with Gasteiger partial charge in [-0.25, -0.2) is 0 Å². The van der Waals surface area contributed by atoms with E-state index in [0.717, 1.165) is 4.47 Å². The summed E-state index contributed by atoms with van der Waals surface area (Å²) in [5.41, 5.74) is 0.473. The van der Waals surface area contributed by atoms with E-state index in [9.17, 15) is 4.79 Å². The molecule has 80 valence electrons. The van der Waals surface area contributed by atoms with Crippen LogP contribution in [0.1, 0.15) is 10.4 Å². The molecule has 0 aromatic heterocycles. The van der Waals surface area contributed by atoms with Gasteiger partial charge in [0.25, 0.3) is 5.91 Å². The van der Waals surface area contributed by atoms with Crippen molar-refractivity contribution in [3.05, 3.63) is 33.3 Å². The topological polar surface area (TPSA) is 32.7 Å². The molecule has 0 fully saturated rings. The SMILES string of the molecule is CN(C)C=NC(=O)c1ccc(Br)c(Cl)c1. The molecule has 0 saturated heterocycles. The average molecular weight is 290 g/mol. The molecule has 1 aromatic carbocycles. The normalized spacial score (nSPS) is 10.7. The molecule has 0 bridgehead atoms. The van der Waals surface area contributed by atoms with Gasteiger partial charge in [0.2, 0.25) is 0 Å². The minimum atomic E-state index is -0.307. The zero-order valence-electron chi connectivity index (χ0n) is 8.37. The quantitative estimate of drug-likeness (QED) is 0.619. The molecule has 0 aliphatic rings. The van der Waals surface area contributed by atoms with Gasteiger partial charge in [0.1, 0.15) is 0 Å². The molecule has 0 aliphatic heterocycles. The maximum absolute atomic E-state index is 11.5. The van der Waals surface area contributed by atoms with E-state index in [4.69, 9.17) is 11.6 Å². The van der Waals surface area contributed by atoms with E-state index in [1.165, 1.54) is 6.34 Å². The summed E-state index contributed by atoms with van der Waals surface area (Å²) < 4.78 is 0.761. The van der Waals surface area contributed by atoms with E-state index in [-0.39, 0.29) is 5.91 Å². The van der Waals surface area contributed by atoms with Crippen LogP contribution < -0.4 is 0 Å². The van der Waals surface area contributed by atoms with Gasteiger partial charge < -0.3 is 4.90 Å². The molecule has 0 heterocycles. The monoisotopic (exact) mass is 288 g/mol. The van der Waals surface area contributed by atoms with Crippen LogP contribution in [0.15, 0.2) is 27.7 Å². The predicted octanol–water partition coefficient (Wildman–Crippen LogP) is 2.83. The second kappa shape index (κ2) is 5.28. The number of carbonyl (C=O) groups excluding carboxylic acids is 1. The maximum Gasteiger partial charge on any atom is 0.278 e. The van der Waals surface area contributed by atoms with Gasteiger partial charge >= 0.3 is 0 Å². The molecule has 1 rings (SSSR count). The number of rotatable bonds is 2. The number of hydrogen-bond acceptors (Lipinski definition) is 1. The molecule has 3 nitrogen and oxygen atoms in total. The fraction of sp³-hybridized carbons (Fsp3) is 0.200. The fourth-order valence-corrected chi connectivity index (χ4v) is 1.30. The first-order valence-corrected chi connectivity index (χ1v) is 5.38. The van der Waals surface area contributed by atoms with Crippen LogP contribution in [-0.4, -0.2) is 31.2 Å². The van der Waals surface area contributed by atoms with Gasteiger partial charge in [0.05, 0.1) is 11.4 Å². The molecule has 0 radical (unpaired) electrons. The van der Waals surface area contributed by atoms with Gasteiger partial charge in [-0.3, -0.25) is 4.79 Å². The zero-order valence-corrected chi connectivity index (χ0v) is 10.7. The third-order valence-corrected chi connectivity index (χ3v) is 2.80. The Morgan fingerprint density at radius 2 is 2.20 bits per heavy atom. The number of benzene rings is 1. The van der Waals surface area contributed by atoms with E-state index < -0.39 is 0 Å². The lowest BCUT2D eigenvalue weighted by atomic mass is 10.2. The molecule has 0 aliphatic carbocycles. The molecule has 0 saturated carbocycles. The molecule has 0 spiro atoms. The summed E-state index contributed by atoms with van der Waals surface area (Å²) in [5, 5.41) is 0.501. The smallest absolute Gasteiger partial charge is 0.278 e. The second-order valence-corrected chi connectivity index (χ2v) is 4.40. The summed E-state index contributed by atoms with van der Waals surface area (Å²) in [6.07, 6.45) is 1.46. The Balaban J connectivity index is 2.88. The van der Waals surface area contributed by atoms with Crippen LogP contribution in [0.25, 0.3) is 0 Å². The minimum absolute atomic E-state index is 0.307. The first kappa shape index (κ1) is 12.2. The van der Waals surface area contributed by atoms with E-state index in [2.05, 4.69) is 20.9 Å². The largest absolute Gasteiger partial charge is 0.369 e. The molecular formula is C10H10BrClN2O. The molecule has 5 heteroatoms. The summed E-state index contributed by atoms with van der Waals surface area (Å²) in [5.74, 6) is -0.307. The van der Waals surface area contributed by atoms with Gasteiger partial charge in [0, 0.05) is 24.1 Å². The van der Waals surface area contributed by atoms with Crippen molar-refractivity contribution in [3.8, 4) is 0 Å². The van der Waals surface area contributed by atoms with Gasteiger partial charge in [-0.15, -0.1) is 0 Å². The third-order valence-electron chi connectivity index (χ3n) is 1.57. The Hall–Kier alpha value is -0.870. The van der Waals surface area contributed by atoms with Crippen molar-refractivity contribution >= 4 is 39.8 Å². The van der Waals surface area contributed by atoms with Crippen molar-refractivity contribution in [1.29, 1.82) is 0 Å². The van der Waals surface area contributed by atoms with E-state index in [0.29, 0.717) is 10.6 Å². The number of amides is 1. The lowest BCUT2D eigenvalue weighted by Crippen LogP contribution is -2.09. The van der Waals surface area contributed by atoms with E-state index in [1.54, 1.807) is 37.2 Å². The Bertz CT molecular complexity index is 404. The zero-order chi connectivity index (χ0) is 11.4. The summed E-state index contributed by atoms with van der Waals surface area (Å²) >= 11 is 9.11. The number of halogens is 2. The first-order valence-electron chi connectivity index (χ1n) is 4.20.